The lowest BCUT2D eigenvalue weighted by Gasteiger charge is -2.12. The largest absolute Gasteiger partial charge is 0.304 e. The third-order valence-corrected chi connectivity index (χ3v) is 3.78. The second-order valence-electron chi connectivity index (χ2n) is 4.26. The van der Waals surface area contributed by atoms with Crippen LogP contribution in [0.15, 0.2) is 47.4 Å². The van der Waals surface area contributed by atoms with Crippen molar-refractivity contribution in [3.05, 3.63) is 53.6 Å². The smallest absolute Gasteiger partial charge is 0.299 e. The molecule has 0 radical (unpaired) electrons. The number of hydrogen-bond acceptors (Lipinski definition) is 9. The van der Waals surface area contributed by atoms with Crippen LogP contribution in [-0.2, 0) is 20.2 Å². The maximum atomic E-state index is 12.5. The minimum atomic E-state index is -5.03. The Labute approximate surface area is 134 Å². The first-order chi connectivity index (χ1) is 11.4. The first kappa shape index (κ1) is 17.8. The Morgan fingerprint density at radius 2 is 1.54 bits per heavy atom. The molecule has 0 fully saturated rings. The predicted octanol–water partition coefficient (Wildman–Crippen LogP) is 1.73. The summed E-state index contributed by atoms with van der Waals surface area (Å²) in [6.07, 6.45) is 0. The quantitative estimate of drug-likeness (QED) is 0.289. The molecule has 0 aliphatic carbocycles. The van der Waals surface area contributed by atoms with Gasteiger partial charge >= 0.3 is 0 Å². The highest BCUT2D eigenvalue weighted by atomic mass is 32.2. The van der Waals surface area contributed by atoms with E-state index in [2.05, 4.69) is 19.9 Å². The number of benzene rings is 2. The van der Waals surface area contributed by atoms with Gasteiger partial charge in [0.15, 0.2) is 10.7 Å². The number of hydrogen-bond donors (Lipinski definition) is 3. The van der Waals surface area contributed by atoms with Crippen molar-refractivity contribution >= 4 is 15.9 Å². The molecule has 0 saturated heterocycles. The SMILES string of the molecule is O=C(c1ccccc1)c1ccc(OOO)c(OOO)c1S(=O)(=O)O. The van der Waals surface area contributed by atoms with Crippen molar-refractivity contribution in [3.8, 4) is 11.5 Å². The van der Waals surface area contributed by atoms with E-state index in [4.69, 9.17) is 10.5 Å². The molecule has 3 N–H and O–H groups in total. The van der Waals surface area contributed by atoms with Gasteiger partial charge in [-0.15, -0.1) is 0 Å². The topological polar surface area (TPSA) is 149 Å². The van der Waals surface area contributed by atoms with Crippen LogP contribution in [0.25, 0.3) is 0 Å². The van der Waals surface area contributed by atoms with Gasteiger partial charge in [-0.2, -0.15) is 8.42 Å². The van der Waals surface area contributed by atoms with Crippen LogP contribution in [0.3, 0.4) is 0 Å². The monoisotopic (exact) mass is 358 g/mol. The van der Waals surface area contributed by atoms with Gasteiger partial charge in [0, 0.05) is 11.1 Å². The summed E-state index contributed by atoms with van der Waals surface area (Å²) < 4.78 is 32.7. The van der Waals surface area contributed by atoms with E-state index in [1.54, 1.807) is 18.2 Å². The lowest BCUT2D eigenvalue weighted by molar-refractivity contribution is -0.451. The fourth-order valence-corrected chi connectivity index (χ4v) is 2.75. The highest BCUT2D eigenvalue weighted by Gasteiger charge is 2.31. The van der Waals surface area contributed by atoms with Gasteiger partial charge in [-0.1, -0.05) is 30.3 Å². The van der Waals surface area contributed by atoms with Crippen molar-refractivity contribution in [2.24, 2.45) is 0 Å². The number of carbonyl (C=O) groups is 1. The molecule has 0 aromatic heterocycles. The molecule has 0 atom stereocenters. The minimum Gasteiger partial charge on any atom is -0.304 e. The second-order valence-corrected chi connectivity index (χ2v) is 5.61. The van der Waals surface area contributed by atoms with Crippen LogP contribution in [0.1, 0.15) is 15.9 Å². The number of rotatable bonds is 7. The Bertz CT molecular complexity index is 831. The molecule has 0 amide bonds. The molecule has 2 aromatic carbocycles. The number of carbonyl (C=O) groups excluding carboxylic acids is 1. The first-order valence-electron chi connectivity index (χ1n) is 6.10. The molecule has 2 aromatic rings. The fourth-order valence-electron chi connectivity index (χ4n) is 1.95. The van der Waals surface area contributed by atoms with Crippen LogP contribution in [0, 0.1) is 0 Å². The van der Waals surface area contributed by atoms with E-state index in [1.165, 1.54) is 12.1 Å². The maximum absolute atomic E-state index is 12.5. The highest BCUT2D eigenvalue weighted by molar-refractivity contribution is 7.86. The zero-order valence-electron chi connectivity index (χ0n) is 11.6. The van der Waals surface area contributed by atoms with Crippen LogP contribution < -0.4 is 9.78 Å². The summed E-state index contributed by atoms with van der Waals surface area (Å²) in [4.78, 5) is 19.9. The van der Waals surface area contributed by atoms with Gasteiger partial charge in [0.05, 0.1) is 0 Å². The molecule has 0 bridgehead atoms. The summed E-state index contributed by atoms with van der Waals surface area (Å²) >= 11 is 0. The Morgan fingerprint density at radius 3 is 2.08 bits per heavy atom. The van der Waals surface area contributed by atoms with Crippen molar-refractivity contribution in [2.45, 2.75) is 4.90 Å². The van der Waals surface area contributed by atoms with E-state index in [1.807, 2.05) is 0 Å². The molecule has 2 rings (SSSR count). The molecule has 0 unspecified atom stereocenters. The van der Waals surface area contributed by atoms with Crippen molar-refractivity contribution < 1.29 is 48.1 Å². The fraction of sp³-hybridized carbons (Fsp3) is 0. The van der Waals surface area contributed by atoms with Gasteiger partial charge in [-0.25, -0.2) is 10.5 Å². The van der Waals surface area contributed by atoms with Crippen LogP contribution in [-0.4, -0.2) is 29.3 Å². The Hall–Kier alpha value is -2.54. The van der Waals surface area contributed by atoms with E-state index in [9.17, 15) is 17.8 Å². The first-order valence-corrected chi connectivity index (χ1v) is 7.54. The third-order valence-electron chi connectivity index (χ3n) is 2.86. The number of ketones is 1. The third kappa shape index (κ3) is 3.68. The van der Waals surface area contributed by atoms with Crippen LogP contribution >= 0.6 is 0 Å². The molecule has 24 heavy (non-hydrogen) atoms. The van der Waals surface area contributed by atoms with Gasteiger partial charge in [-0.3, -0.25) is 9.35 Å². The van der Waals surface area contributed by atoms with Crippen LogP contribution in [0.5, 0.6) is 11.5 Å². The Balaban J connectivity index is 2.72. The molecular weight excluding hydrogens is 348 g/mol. The van der Waals surface area contributed by atoms with Crippen LogP contribution in [0.4, 0.5) is 0 Å². The highest BCUT2D eigenvalue weighted by Crippen LogP contribution is 2.38. The summed E-state index contributed by atoms with van der Waals surface area (Å²) in [5.41, 5.74) is -0.383. The second kappa shape index (κ2) is 7.35. The van der Waals surface area contributed by atoms with E-state index < -0.39 is 37.9 Å². The van der Waals surface area contributed by atoms with Crippen molar-refractivity contribution in [2.75, 3.05) is 0 Å². The van der Waals surface area contributed by atoms with Gasteiger partial charge < -0.3 is 9.78 Å². The molecule has 10 nitrogen and oxygen atoms in total. The van der Waals surface area contributed by atoms with Gasteiger partial charge in [0.1, 0.15) is 0 Å². The summed E-state index contributed by atoms with van der Waals surface area (Å²) in [5.74, 6) is -2.30. The lowest BCUT2D eigenvalue weighted by Crippen LogP contribution is -2.13. The molecule has 0 spiro atoms. The minimum absolute atomic E-state index is 0.116. The van der Waals surface area contributed by atoms with E-state index >= 15 is 0 Å². The molecule has 11 heteroatoms. The molecule has 0 saturated carbocycles. The molecule has 0 aliphatic rings. The molecule has 0 aliphatic heterocycles. The summed E-state index contributed by atoms with van der Waals surface area (Å²) in [7, 11) is -5.03. The zero-order chi connectivity index (χ0) is 17.7. The van der Waals surface area contributed by atoms with E-state index in [0.29, 0.717) is 0 Å². The lowest BCUT2D eigenvalue weighted by atomic mass is 10.0. The summed E-state index contributed by atoms with van der Waals surface area (Å²) in [6, 6.07) is 9.54. The maximum Gasteiger partial charge on any atom is 0.299 e. The Kier molecular flexibility index (Phi) is 5.46. The van der Waals surface area contributed by atoms with Crippen LogP contribution in [0.2, 0.25) is 0 Å². The van der Waals surface area contributed by atoms with E-state index in [0.717, 1.165) is 12.1 Å². The van der Waals surface area contributed by atoms with Gasteiger partial charge in [-0.05, 0) is 22.2 Å². The Morgan fingerprint density at radius 1 is 0.917 bits per heavy atom. The summed E-state index contributed by atoms with van der Waals surface area (Å²) in [5, 5.41) is 23.5. The normalized spacial score (nSPS) is 11.1. The molecule has 128 valence electrons. The van der Waals surface area contributed by atoms with Gasteiger partial charge in [0.25, 0.3) is 10.1 Å². The average Bonchev–Trinajstić information content (AvgIpc) is 2.55. The van der Waals surface area contributed by atoms with Crippen molar-refractivity contribution in [1.82, 2.24) is 0 Å². The van der Waals surface area contributed by atoms with Gasteiger partial charge in [0.2, 0.25) is 11.5 Å². The van der Waals surface area contributed by atoms with E-state index in [-0.39, 0.29) is 5.56 Å². The standard InChI is InChI=1S/C13H10O10S/c14-11(8-4-2-1-3-5-8)9-6-7-10(20-22-15)12(21-23-16)13(9)24(17,18)19/h1-7,15-16H,(H,17,18,19). The zero-order valence-corrected chi connectivity index (χ0v) is 12.5. The average molecular weight is 358 g/mol. The summed E-state index contributed by atoms with van der Waals surface area (Å²) in [6.45, 7) is 0. The molecular formula is C13H10O10S. The molecule has 0 heterocycles. The van der Waals surface area contributed by atoms with Crippen molar-refractivity contribution in [3.63, 3.8) is 0 Å². The predicted molar refractivity (Wildman–Crippen MR) is 74.8 cm³/mol. The van der Waals surface area contributed by atoms with Crippen molar-refractivity contribution in [1.29, 1.82) is 0 Å².